The van der Waals surface area contributed by atoms with Gasteiger partial charge in [-0.25, -0.2) is 21.6 Å². The van der Waals surface area contributed by atoms with Gasteiger partial charge < -0.3 is 0 Å². The number of benzene rings is 1. The molecule has 31 heavy (non-hydrogen) atoms. The third-order valence-electron chi connectivity index (χ3n) is 4.53. The van der Waals surface area contributed by atoms with E-state index >= 15 is 0 Å². The van der Waals surface area contributed by atoms with Crippen molar-refractivity contribution < 1.29 is 30.0 Å². The van der Waals surface area contributed by atoms with E-state index in [2.05, 4.69) is 14.9 Å². The molecule has 168 valence electrons. The molecular formula is C18H19F3N4O4S2. The summed E-state index contributed by atoms with van der Waals surface area (Å²) in [4.78, 5) is -0.858. The van der Waals surface area contributed by atoms with Crippen molar-refractivity contribution >= 4 is 25.5 Å². The predicted molar refractivity (Wildman–Crippen MR) is 105 cm³/mol. The van der Waals surface area contributed by atoms with E-state index in [4.69, 9.17) is 0 Å². The summed E-state index contributed by atoms with van der Waals surface area (Å²) in [7, 11) is -8.24. The lowest BCUT2D eigenvalue weighted by atomic mass is 10.1. The minimum Gasteiger partial charge on any atom is -0.285 e. The van der Waals surface area contributed by atoms with Crippen LogP contribution in [0.25, 0.3) is 5.65 Å². The van der Waals surface area contributed by atoms with Crippen molar-refractivity contribution in [1.29, 1.82) is 0 Å². The fourth-order valence-electron chi connectivity index (χ4n) is 3.06. The largest absolute Gasteiger partial charge is 0.420 e. The molecule has 1 atom stereocenters. The van der Waals surface area contributed by atoms with E-state index in [1.807, 2.05) is 0 Å². The van der Waals surface area contributed by atoms with Crippen LogP contribution in [0.4, 0.5) is 13.2 Å². The summed E-state index contributed by atoms with van der Waals surface area (Å²) in [5, 5.41) is 7.42. The van der Waals surface area contributed by atoms with Crippen LogP contribution in [-0.4, -0.2) is 37.7 Å². The van der Waals surface area contributed by atoms with Crippen LogP contribution < -0.4 is 4.72 Å². The lowest BCUT2D eigenvalue weighted by Gasteiger charge is -2.21. The lowest BCUT2D eigenvalue weighted by Crippen LogP contribution is -2.34. The first kappa shape index (κ1) is 23.2. The second-order valence-electron chi connectivity index (χ2n) is 7.23. The molecule has 3 rings (SSSR count). The highest BCUT2D eigenvalue weighted by Gasteiger charge is 2.36. The van der Waals surface area contributed by atoms with Gasteiger partial charge in [-0.2, -0.15) is 13.2 Å². The predicted octanol–water partition coefficient (Wildman–Crippen LogP) is 2.83. The quantitative estimate of drug-likeness (QED) is 0.586. The standard InChI is InChI=1S/C18H19F3N4O4S2/c1-11(2)15(17-23-22-16-12(18(19,20)21)7-6-10-25(16)17)24-31(28,29)14-9-5-4-8-13(14)30(3,26)27/h4-11,15,24H,1-3H3/t15-/m0/s1. The molecule has 0 saturated heterocycles. The van der Waals surface area contributed by atoms with Crippen molar-refractivity contribution in [3.63, 3.8) is 0 Å². The van der Waals surface area contributed by atoms with Crippen LogP contribution in [0.2, 0.25) is 0 Å². The number of sulfonamides is 1. The average molecular weight is 477 g/mol. The molecule has 0 saturated carbocycles. The summed E-state index contributed by atoms with van der Waals surface area (Å²) in [6, 6.07) is 5.99. The van der Waals surface area contributed by atoms with Crippen molar-refractivity contribution in [1.82, 2.24) is 19.3 Å². The maximum Gasteiger partial charge on any atom is 0.420 e. The van der Waals surface area contributed by atoms with Gasteiger partial charge in [0.15, 0.2) is 21.3 Å². The van der Waals surface area contributed by atoms with E-state index in [-0.39, 0.29) is 5.82 Å². The van der Waals surface area contributed by atoms with E-state index in [0.717, 1.165) is 34.9 Å². The van der Waals surface area contributed by atoms with Crippen molar-refractivity contribution in [2.45, 2.75) is 35.9 Å². The Morgan fingerprint density at radius 3 is 2.13 bits per heavy atom. The van der Waals surface area contributed by atoms with Gasteiger partial charge in [-0.1, -0.05) is 26.0 Å². The molecule has 8 nitrogen and oxygen atoms in total. The Bertz CT molecular complexity index is 1330. The zero-order valence-corrected chi connectivity index (χ0v) is 18.3. The Balaban J connectivity index is 2.12. The molecule has 1 aromatic carbocycles. The van der Waals surface area contributed by atoms with Gasteiger partial charge in [-0.3, -0.25) is 4.40 Å². The summed E-state index contributed by atoms with van der Waals surface area (Å²) in [5.74, 6) is -0.515. The van der Waals surface area contributed by atoms with Gasteiger partial charge in [0.1, 0.15) is 10.5 Å². The first-order chi connectivity index (χ1) is 14.2. The van der Waals surface area contributed by atoms with Gasteiger partial charge in [0.25, 0.3) is 0 Å². The fourth-order valence-corrected chi connectivity index (χ4v) is 6.04. The number of nitrogens with one attached hydrogen (secondary N) is 1. The van der Waals surface area contributed by atoms with Gasteiger partial charge in [0, 0.05) is 12.5 Å². The number of hydrogen-bond acceptors (Lipinski definition) is 6. The Morgan fingerprint density at radius 2 is 1.58 bits per heavy atom. The average Bonchev–Trinajstić information content (AvgIpc) is 3.08. The van der Waals surface area contributed by atoms with Crippen molar-refractivity contribution in [3.8, 4) is 0 Å². The van der Waals surface area contributed by atoms with Crippen LogP contribution in [0.5, 0.6) is 0 Å². The third-order valence-corrected chi connectivity index (χ3v) is 7.32. The number of nitrogens with zero attached hydrogens (tertiary/aromatic N) is 3. The van der Waals surface area contributed by atoms with E-state index in [0.29, 0.717) is 0 Å². The first-order valence-electron chi connectivity index (χ1n) is 8.95. The fraction of sp³-hybridized carbons (Fsp3) is 0.333. The summed E-state index contributed by atoms with van der Waals surface area (Å²) in [6.45, 7) is 3.29. The molecule has 0 radical (unpaired) electrons. The SMILES string of the molecule is CC(C)[C@H](NS(=O)(=O)c1ccccc1S(C)(=O)=O)c1nnc2c(C(F)(F)F)cccn12. The molecular weight excluding hydrogens is 457 g/mol. The molecule has 0 aliphatic carbocycles. The molecule has 0 unspecified atom stereocenters. The molecule has 0 bridgehead atoms. The highest BCUT2D eigenvalue weighted by molar-refractivity contribution is 7.93. The van der Waals surface area contributed by atoms with Crippen molar-refractivity contribution in [2.75, 3.05) is 6.26 Å². The molecule has 3 aromatic rings. The van der Waals surface area contributed by atoms with Crippen LogP contribution in [0.1, 0.15) is 31.3 Å². The molecule has 1 N–H and O–H groups in total. The van der Waals surface area contributed by atoms with Gasteiger partial charge in [0.2, 0.25) is 10.0 Å². The maximum absolute atomic E-state index is 13.3. The Kier molecular flexibility index (Phi) is 5.88. The Labute approximate surface area is 177 Å². The second-order valence-corrected chi connectivity index (χ2v) is 10.9. The van der Waals surface area contributed by atoms with Crippen LogP contribution >= 0.6 is 0 Å². The number of fused-ring (bicyclic) bond motifs is 1. The summed E-state index contributed by atoms with van der Waals surface area (Å²) >= 11 is 0. The summed E-state index contributed by atoms with van der Waals surface area (Å²) in [6.07, 6.45) is -2.49. The van der Waals surface area contributed by atoms with E-state index in [9.17, 15) is 30.0 Å². The number of pyridine rings is 1. The van der Waals surface area contributed by atoms with Crippen LogP contribution in [0.3, 0.4) is 0 Å². The molecule has 0 spiro atoms. The summed E-state index contributed by atoms with van der Waals surface area (Å²) in [5.41, 5.74) is -1.48. The highest BCUT2D eigenvalue weighted by atomic mass is 32.2. The number of aromatic nitrogens is 3. The number of rotatable bonds is 6. The van der Waals surface area contributed by atoms with E-state index < -0.39 is 59.0 Å². The van der Waals surface area contributed by atoms with Gasteiger partial charge in [0.05, 0.1) is 10.9 Å². The molecule has 0 amide bonds. The topological polar surface area (TPSA) is 110 Å². The normalized spacial score (nSPS) is 14.3. The molecule has 2 aromatic heterocycles. The number of halogens is 3. The molecule has 0 aliphatic rings. The minimum absolute atomic E-state index is 0.0588. The molecule has 0 fully saturated rings. The van der Waals surface area contributed by atoms with E-state index in [1.165, 1.54) is 18.3 Å². The van der Waals surface area contributed by atoms with Crippen molar-refractivity contribution in [3.05, 3.63) is 54.0 Å². The zero-order chi connectivity index (χ0) is 23.2. The monoisotopic (exact) mass is 476 g/mol. The Hall–Kier alpha value is -2.51. The van der Waals surface area contributed by atoms with Gasteiger partial charge >= 0.3 is 6.18 Å². The second kappa shape index (κ2) is 7.88. The minimum atomic E-state index is -4.67. The number of alkyl halides is 3. The lowest BCUT2D eigenvalue weighted by molar-refractivity contribution is -0.136. The van der Waals surface area contributed by atoms with Gasteiger partial charge in [-0.15, -0.1) is 10.2 Å². The van der Waals surface area contributed by atoms with Crippen molar-refractivity contribution in [2.24, 2.45) is 5.92 Å². The number of sulfone groups is 1. The third kappa shape index (κ3) is 4.57. The summed E-state index contributed by atoms with van der Waals surface area (Å²) < 4.78 is 93.5. The smallest absolute Gasteiger partial charge is 0.285 e. The number of hydrogen-bond donors (Lipinski definition) is 1. The molecule has 2 heterocycles. The van der Waals surface area contributed by atoms with Crippen LogP contribution in [0, 0.1) is 5.92 Å². The van der Waals surface area contributed by atoms with Gasteiger partial charge in [-0.05, 0) is 30.2 Å². The Morgan fingerprint density at radius 1 is 0.968 bits per heavy atom. The van der Waals surface area contributed by atoms with Crippen LogP contribution in [0.15, 0.2) is 52.4 Å². The van der Waals surface area contributed by atoms with Crippen LogP contribution in [-0.2, 0) is 26.0 Å². The highest BCUT2D eigenvalue weighted by Crippen LogP contribution is 2.33. The molecule has 13 heteroatoms. The molecule has 0 aliphatic heterocycles. The maximum atomic E-state index is 13.3. The van der Waals surface area contributed by atoms with E-state index in [1.54, 1.807) is 13.8 Å². The zero-order valence-electron chi connectivity index (χ0n) is 16.6. The first-order valence-corrected chi connectivity index (χ1v) is 12.3.